The number of unbranched alkanes of at least 4 members (excludes halogenated alkanes) is 1. The largest absolute Gasteiger partial charge is 0.469 e. The highest BCUT2D eigenvalue weighted by molar-refractivity contribution is 5.82. The summed E-state index contributed by atoms with van der Waals surface area (Å²) in [5, 5.41) is 0. The molecule has 0 atom stereocenters. The molecule has 0 aromatic heterocycles. The highest BCUT2D eigenvalue weighted by Gasteiger charge is 2.00. The molecule has 0 N–H and O–H groups in total. The van der Waals surface area contributed by atoms with Gasteiger partial charge in [0.15, 0.2) is 0 Å². The summed E-state index contributed by atoms with van der Waals surface area (Å²) in [6, 6.07) is 0. The molecule has 0 spiro atoms. The third-order valence-corrected chi connectivity index (χ3v) is 2.00. The second-order valence-electron chi connectivity index (χ2n) is 3.30. The fraction of sp³-hybridized carbons (Fsp3) is 0.636. The average Bonchev–Trinajstić information content (AvgIpc) is 2.23. The van der Waals surface area contributed by atoms with Crippen LogP contribution in [0.4, 0.5) is 0 Å². The number of methoxy groups -OCH3 is 2. The molecular weight excluding hydrogens is 196 g/mol. The van der Waals surface area contributed by atoms with E-state index in [0.29, 0.717) is 6.42 Å². The van der Waals surface area contributed by atoms with Gasteiger partial charge in [0, 0.05) is 12.5 Å². The van der Waals surface area contributed by atoms with Crippen molar-refractivity contribution >= 4 is 11.9 Å². The van der Waals surface area contributed by atoms with E-state index in [1.807, 2.05) is 6.92 Å². The number of rotatable bonds is 6. The highest BCUT2D eigenvalue weighted by atomic mass is 16.5. The summed E-state index contributed by atoms with van der Waals surface area (Å²) in [6.07, 6.45) is 4.35. The number of hydrogen-bond donors (Lipinski definition) is 0. The van der Waals surface area contributed by atoms with Crippen LogP contribution < -0.4 is 0 Å². The SMILES string of the molecule is COC(=O)/C=C(\C)CCCCC(=O)OC. The molecule has 0 radical (unpaired) electrons. The summed E-state index contributed by atoms with van der Waals surface area (Å²) in [5.41, 5.74) is 0.965. The Labute approximate surface area is 90.2 Å². The van der Waals surface area contributed by atoms with E-state index in [9.17, 15) is 9.59 Å². The van der Waals surface area contributed by atoms with E-state index in [-0.39, 0.29) is 11.9 Å². The maximum Gasteiger partial charge on any atom is 0.330 e. The molecule has 86 valence electrons. The average molecular weight is 214 g/mol. The zero-order valence-corrected chi connectivity index (χ0v) is 9.54. The van der Waals surface area contributed by atoms with E-state index in [1.54, 1.807) is 0 Å². The molecule has 0 aromatic carbocycles. The lowest BCUT2D eigenvalue weighted by Gasteiger charge is -2.01. The number of carbonyl (C=O) groups excluding carboxylic acids is 2. The van der Waals surface area contributed by atoms with Crippen molar-refractivity contribution in [3.8, 4) is 0 Å². The number of allylic oxidation sites excluding steroid dienone is 1. The third kappa shape index (κ3) is 7.73. The van der Waals surface area contributed by atoms with Crippen LogP contribution in [0.2, 0.25) is 0 Å². The first-order chi connectivity index (χ1) is 7.10. The molecule has 0 bridgehead atoms. The Balaban J connectivity index is 3.63. The van der Waals surface area contributed by atoms with Gasteiger partial charge in [-0.1, -0.05) is 5.57 Å². The monoisotopic (exact) mass is 214 g/mol. The van der Waals surface area contributed by atoms with Crippen LogP contribution in [-0.4, -0.2) is 26.2 Å². The van der Waals surface area contributed by atoms with Gasteiger partial charge >= 0.3 is 11.9 Å². The smallest absolute Gasteiger partial charge is 0.330 e. The Morgan fingerprint density at radius 3 is 2.20 bits per heavy atom. The number of esters is 2. The summed E-state index contributed by atoms with van der Waals surface area (Å²) >= 11 is 0. The van der Waals surface area contributed by atoms with Crippen LogP contribution in [0.15, 0.2) is 11.6 Å². The van der Waals surface area contributed by atoms with E-state index < -0.39 is 0 Å². The molecule has 0 saturated heterocycles. The molecular formula is C11H18O4. The molecule has 0 aliphatic carbocycles. The topological polar surface area (TPSA) is 52.6 Å². The minimum Gasteiger partial charge on any atom is -0.469 e. The normalized spacial score (nSPS) is 11.0. The van der Waals surface area contributed by atoms with Gasteiger partial charge in [0.25, 0.3) is 0 Å². The molecule has 0 aliphatic rings. The van der Waals surface area contributed by atoms with Crippen molar-refractivity contribution in [1.29, 1.82) is 0 Å². The van der Waals surface area contributed by atoms with Crippen LogP contribution in [0.5, 0.6) is 0 Å². The Kier molecular flexibility index (Phi) is 7.32. The van der Waals surface area contributed by atoms with Crippen molar-refractivity contribution in [3.05, 3.63) is 11.6 Å². The number of hydrogen-bond acceptors (Lipinski definition) is 4. The van der Waals surface area contributed by atoms with Crippen molar-refractivity contribution in [1.82, 2.24) is 0 Å². The van der Waals surface area contributed by atoms with E-state index in [0.717, 1.165) is 24.8 Å². The van der Waals surface area contributed by atoms with Crippen molar-refractivity contribution in [3.63, 3.8) is 0 Å². The molecule has 0 heterocycles. The second-order valence-corrected chi connectivity index (χ2v) is 3.30. The fourth-order valence-corrected chi connectivity index (χ4v) is 1.11. The quantitative estimate of drug-likeness (QED) is 0.384. The van der Waals surface area contributed by atoms with E-state index in [4.69, 9.17) is 0 Å². The lowest BCUT2D eigenvalue weighted by atomic mass is 10.1. The third-order valence-electron chi connectivity index (χ3n) is 2.00. The summed E-state index contributed by atoms with van der Waals surface area (Å²) in [4.78, 5) is 21.6. The van der Waals surface area contributed by atoms with Gasteiger partial charge in [-0.25, -0.2) is 4.79 Å². The van der Waals surface area contributed by atoms with Crippen LogP contribution in [0.25, 0.3) is 0 Å². The summed E-state index contributed by atoms with van der Waals surface area (Å²) < 4.78 is 9.00. The molecule has 15 heavy (non-hydrogen) atoms. The van der Waals surface area contributed by atoms with Gasteiger partial charge in [0.2, 0.25) is 0 Å². The van der Waals surface area contributed by atoms with E-state index >= 15 is 0 Å². The zero-order valence-electron chi connectivity index (χ0n) is 9.54. The molecule has 0 rings (SSSR count). The summed E-state index contributed by atoms with van der Waals surface area (Å²) in [7, 11) is 2.73. The van der Waals surface area contributed by atoms with E-state index in [2.05, 4.69) is 9.47 Å². The fourth-order valence-electron chi connectivity index (χ4n) is 1.11. The predicted octanol–water partition coefficient (Wildman–Crippen LogP) is 1.84. The Morgan fingerprint density at radius 1 is 1.07 bits per heavy atom. The van der Waals surface area contributed by atoms with Crippen molar-refractivity contribution in [2.75, 3.05) is 14.2 Å². The lowest BCUT2D eigenvalue weighted by Crippen LogP contribution is -1.99. The summed E-state index contributed by atoms with van der Waals surface area (Å²) in [6.45, 7) is 1.87. The standard InChI is InChI=1S/C11H18O4/c1-9(8-11(13)15-3)6-4-5-7-10(12)14-2/h8H,4-7H2,1-3H3/b9-8+. The zero-order chi connectivity index (χ0) is 11.7. The van der Waals surface area contributed by atoms with Crippen LogP contribution in [0.3, 0.4) is 0 Å². The van der Waals surface area contributed by atoms with Gasteiger partial charge in [-0.15, -0.1) is 0 Å². The Bertz CT molecular complexity index is 243. The van der Waals surface area contributed by atoms with Gasteiger partial charge in [-0.2, -0.15) is 0 Å². The van der Waals surface area contributed by atoms with Crippen LogP contribution in [0, 0.1) is 0 Å². The lowest BCUT2D eigenvalue weighted by molar-refractivity contribution is -0.140. The molecule has 0 aliphatic heterocycles. The molecule has 0 fully saturated rings. The highest BCUT2D eigenvalue weighted by Crippen LogP contribution is 2.08. The van der Waals surface area contributed by atoms with Crippen LogP contribution in [-0.2, 0) is 19.1 Å². The predicted molar refractivity (Wildman–Crippen MR) is 56.3 cm³/mol. The van der Waals surface area contributed by atoms with Crippen molar-refractivity contribution in [2.24, 2.45) is 0 Å². The first-order valence-electron chi connectivity index (χ1n) is 4.92. The molecule has 4 heteroatoms. The van der Waals surface area contributed by atoms with Gasteiger partial charge in [-0.3, -0.25) is 4.79 Å². The Hall–Kier alpha value is -1.32. The van der Waals surface area contributed by atoms with Gasteiger partial charge in [0.05, 0.1) is 14.2 Å². The maximum atomic E-state index is 10.8. The van der Waals surface area contributed by atoms with Crippen molar-refractivity contribution < 1.29 is 19.1 Å². The van der Waals surface area contributed by atoms with Gasteiger partial charge < -0.3 is 9.47 Å². The molecule has 0 unspecified atom stereocenters. The molecule has 0 amide bonds. The van der Waals surface area contributed by atoms with Gasteiger partial charge in [0.1, 0.15) is 0 Å². The maximum absolute atomic E-state index is 10.8. The van der Waals surface area contributed by atoms with Crippen LogP contribution >= 0.6 is 0 Å². The van der Waals surface area contributed by atoms with Gasteiger partial charge in [-0.05, 0) is 26.2 Å². The first-order valence-corrected chi connectivity index (χ1v) is 4.92. The molecule has 0 saturated carbocycles. The van der Waals surface area contributed by atoms with Crippen LogP contribution in [0.1, 0.15) is 32.6 Å². The first kappa shape index (κ1) is 13.7. The molecule has 0 aromatic rings. The second kappa shape index (κ2) is 8.03. The molecule has 4 nitrogen and oxygen atoms in total. The van der Waals surface area contributed by atoms with Crippen molar-refractivity contribution in [2.45, 2.75) is 32.6 Å². The number of ether oxygens (including phenoxy) is 2. The summed E-state index contributed by atoms with van der Waals surface area (Å²) in [5.74, 6) is -0.523. The number of carbonyl (C=O) groups is 2. The Morgan fingerprint density at radius 2 is 1.67 bits per heavy atom. The minimum atomic E-state index is -0.333. The van der Waals surface area contributed by atoms with E-state index in [1.165, 1.54) is 20.3 Å². The minimum absolute atomic E-state index is 0.190.